The average molecular weight is 281 g/mol. The van der Waals surface area contributed by atoms with Gasteiger partial charge in [-0.25, -0.2) is 13.8 Å². The Morgan fingerprint density at radius 2 is 2.29 bits per heavy atom. The molecule has 0 aliphatic heterocycles. The lowest BCUT2D eigenvalue weighted by molar-refractivity contribution is 0.145. The van der Waals surface area contributed by atoms with Crippen LogP contribution in [0.5, 0.6) is 0 Å². The third kappa shape index (κ3) is 2.40. The molecule has 0 unspecified atom stereocenters. The van der Waals surface area contributed by atoms with E-state index in [2.05, 4.69) is 20.9 Å². The molecule has 1 aromatic heterocycles. The van der Waals surface area contributed by atoms with Crippen LogP contribution < -0.4 is 0 Å². The van der Waals surface area contributed by atoms with Gasteiger partial charge in [-0.3, -0.25) is 0 Å². The van der Waals surface area contributed by atoms with E-state index in [4.69, 9.17) is 16.9 Å². The van der Waals surface area contributed by atoms with Crippen LogP contribution >= 0.6 is 27.5 Å². The molecule has 2 nitrogen and oxygen atoms in total. The summed E-state index contributed by atoms with van der Waals surface area (Å²) in [6.07, 6.45) is -2.90. The summed E-state index contributed by atoms with van der Waals surface area (Å²) < 4.78 is 25.2. The van der Waals surface area contributed by atoms with Gasteiger partial charge < -0.3 is 0 Å². The lowest BCUT2D eigenvalue weighted by Gasteiger charge is -2.07. The molecular formula is C8H4BrClF2N2. The van der Waals surface area contributed by atoms with E-state index in [1.807, 2.05) is 0 Å². The van der Waals surface area contributed by atoms with E-state index >= 15 is 0 Å². The molecule has 1 heterocycles. The minimum absolute atomic E-state index is 0.0902. The molecule has 0 spiro atoms. The SMILES string of the molecule is N#CCc1c(Cl)cc(Br)nc1C(F)F. The van der Waals surface area contributed by atoms with Crippen molar-refractivity contribution < 1.29 is 8.78 Å². The smallest absolute Gasteiger partial charge is 0.239 e. The van der Waals surface area contributed by atoms with Gasteiger partial charge in [0, 0.05) is 10.6 Å². The Bertz CT molecular complexity index is 390. The van der Waals surface area contributed by atoms with E-state index in [-0.39, 0.29) is 21.6 Å². The van der Waals surface area contributed by atoms with Gasteiger partial charge in [0.25, 0.3) is 6.43 Å². The highest BCUT2D eigenvalue weighted by Crippen LogP contribution is 2.29. The van der Waals surface area contributed by atoms with Crippen molar-refractivity contribution in [1.82, 2.24) is 4.98 Å². The molecule has 0 aliphatic rings. The zero-order chi connectivity index (χ0) is 10.7. The number of pyridine rings is 1. The van der Waals surface area contributed by atoms with E-state index in [0.29, 0.717) is 0 Å². The summed E-state index contributed by atoms with van der Waals surface area (Å²) >= 11 is 8.66. The van der Waals surface area contributed by atoms with Gasteiger partial charge in [-0.2, -0.15) is 5.26 Å². The third-order valence-corrected chi connectivity index (χ3v) is 2.28. The average Bonchev–Trinajstić information content (AvgIpc) is 2.09. The second-order valence-corrected chi connectivity index (χ2v) is 3.65. The van der Waals surface area contributed by atoms with Crippen molar-refractivity contribution in [2.45, 2.75) is 12.8 Å². The van der Waals surface area contributed by atoms with Crippen molar-refractivity contribution >= 4 is 27.5 Å². The van der Waals surface area contributed by atoms with Gasteiger partial charge >= 0.3 is 0 Å². The number of aromatic nitrogens is 1. The van der Waals surface area contributed by atoms with Crippen LogP contribution in [0.2, 0.25) is 5.02 Å². The molecule has 0 fully saturated rings. The third-order valence-electron chi connectivity index (χ3n) is 1.53. The quantitative estimate of drug-likeness (QED) is 0.778. The fourth-order valence-electron chi connectivity index (χ4n) is 0.963. The number of nitriles is 1. The minimum Gasteiger partial charge on any atom is -0.239 e. The summed E-state index contributed by atoms with van der Waals surface area (Å²) in [5, 5.41) is 8.56. The van der Waals surface area contributed by atoms with Gasteiger partial charge in [-0.15, -0.1) is 0 Å². The molecule has 0 saturated carbocycles. The molecule has 74 valence electrons. The summed E-state index contributed by atoms with van der Waals surface area (Å²) in [7, 11) is 0. The number of hydrogen-bond acceptors (Lipinski definition) is 2. The van der Waals surface area contributed by atoms with Gasteiger partial charge in [-0.1, -0.05) is 11.6 Å². The molecule has 0 atom stereocenters. The zero-order valence-electron chi connectivity index (χ0n) is 6.77. The summed E-state index contributed by atoms with van der Waals surface area (Å²) in [5.41, 5.74) is -0.349. The van der Waals surface area contributed by atoms with Crippen LogP contribution in [0.15, 0.2) is 10.7 Å². The van der Waals surface area contributed by atoms with Crippen LogP contribution in [0.4, 0.5) is 8.78 Å². The van der Waals surface area contributed by atoms with Crippen molar-refractivity contribution in [3.05, 3.63) is 26.9 Å². The van der Waals surface area contributed by atoms with Gasteiger partial charge in [0.1, 0.15) is 10.3 Å². The van der Waals surface area contributed by atoms with Gasteiger partial charge in [-0.05, 0) is 22.0 Å². The highest BCUT2D eigenvalue weighted by atomic mass is 79.9. The van der Waals surface area contributed by atoms with E-state index in [1.165, 1.54) is 6.07 Å². The number of nitrogens with zero attached hydrogens (tertiary/aromatic N) is 2. The summed E-state index contributed by atoms with van der Waals surface area (Å²) in [6.45, 7) is 0. The van der Waals surface area contributed by atoms with Crippen LogP contribution in [0, 0.1) is 11.3 Å². The molecule has 0 aromatic carbocycles. The monoisotopic (exact) mass is 280 g/mol. The van der Waals surface area contributed by atoms with E-state index in [1.54, 1.807) is 6.07 Å². The second kappa shape index (κ2) is 4.67. The Balaban J connectivity index is 3.30. The van der Waals surface area contributed by atoms with E-state index < -0.39 is 12.1 Å². The largest absolute Gasteiger partial charge is 0.280 e. The summed E-state index contributed by atoms with van der Waals surface area (Å²) in [4.78, 5) is 3.58. The van der Waals surface area contributed by atoms with Crippen LogP contribution in [0.3, 0.4) is 0 Å². The first-order chi connectivity index (χ1) is 6.56. The van der Waals surface area contributed by atoms with Gasteiger partial charge in [0.05, 0.1) is 12.5 Å². The first-order valence-electron chi connectivity index (χ1n) is 3.56. The lowest BCUT2D eigenvalue weighted by atomic mass is 10.1. The lowest BCUT2D eigenvalue weighted by Crippen LogP contribution is -1.99. The van der Waals surface area contributed by atoms with Crippen molar-refractivity contribution in [2.24, 2.45) is 0 Å². The van der Waals surface area contributed by atoms with Crippen LogP contribution in [0.1, 0.15) is 17.7 Å². The van der Waals surface area contributed by atoms with Crippen molar-refractivity contribution in [3.8, 4) is 6.07 Å². The predicted molar refractivity (Wildman–Crippen MR) is 51.2 cm³/mol. The topological polar surface area (TPSA) is 36.7 Å². The molecule has 1 rings (SSSR count). The molecule has 0 saturated heterocycles. The fraction of sp³-hybridized carbons (Fsp3) is 0.250. The maximum Gasteiger partial charge on any atom is 0.280 e. The molecular weight excluding hydrogens is 277 g/mol. The maximum atomic E-state index is 12.5. The molecule has 0 N–H and O–H groups in total. The van der Waals surface area contributed by atoms with Crippen molar-refractivity contribution in [3.63, 3.8) is 0 Å². The predicted octanol–water partition coefficient (Wildman–Crippen LogP) is 3.50. The van der Waals surface area contributed by atoms with Crippen LogP contribution in [-0.4, -0.2) is 4.98 Å². The summed E-state index contributed by atoms with van der Waals surface area (Å²) in [6, 6.07) is 3.16. The Morgan fingerprint density at radius 3 is 2.79 bits per heavy atom. The Morgan fingerprint density at radius 1 is 1.64 bits per heavy atom. The number of hydrogen-bond donors (Lipinski definition) is 0. The molecule has 0 bridgehead atoms. The molecule has 0 radical (unpaired) electrons. The Kier molecular flexibility index (Phi) is 3.78. The maximum absolute atomic E-state index is 12.5. The number of halogens is 4. The molecule has 14 heavy (non-hydrogen) atoms. The normalized spacial score (nSPS) is 10.3. The van der Waals surface area contributed by atoms with Crippen molar-refractivity contribution in [2.75, 3.05) is 0 Å². The molecule has 0 aliphatic carbocycles. The fourth-order valence-corrected chi connectivity index (χ4v) is 1.78. The second-order valence-electron chi connectivity index (χ2n) is 2.43. The molecule has 0 amide bonds. The first-order valence-corrected chi connectivity index (χ1v) is 4.73. The highest BCUT2D eigenvalue weighted by Gasteiger charge is 2.18. The number of rotatable bonds is 2. The highest BCUT2D eigenvalue weighted by molar-refractivity contribution is 9.10. The minimum atomic E-state index is -2.73. The Labute approximate surface area is 92.6 Å². The van der Waals surface area contributed by atoms with Gasteiger partial charge in [0.2, 0.25) is 0 Å². The molecule has 1 aromatic rings. The van der Waals surface area contributed by atoms with Crippen LogP contribution in [-0.2, 0) is 6.42 Å². The summed E-state index contributed by atoms with van der Waals surface area (Å²) in [5.74, 6) is 0. The van der Waals surface area contributed by atoms with Crippen LogP contribution in [0.25, 0.3) is 0 Å². The number of alkyl halides is 2. The Hall–Kier alpha value is -0.730. The standard InChI is InChI=1S/C8H4BrClF2N2/c9-6-3-5(10)4(1-2-13)7(14-6)8(11)12/h3,8H,1H2. The van der Waals surface area contributed by atoms with E-state index in [0.717, 1.165) is 0 Å². The van der Waals surface area contributed by atoms with Gasteiger partial charge in [0.15, 0.2) is 0 Å². The molecule has 6 heteroatoms. The van der Waals surface area contributed by atoms with E-state index in [9.17, 15) is 8.78 Å². The zero-order valence-corrected chi connectivity index (χ0v) is 9.11. The first kappa shape index (κ1) is 11.3. The van der Waals surface area contributed by atoms with Crippen molar-refractivity contribution in [1.29, 1.82) is 5.26 Å².